The van der Waals surface area contributed by atoms with Crippen LogP contribution >= 0.6 is 7.92 Å². The molecule has 4 aromatic carbocycles. The number of rotatable bonds is 7. The van der Waals surface area contributed by atoms with Gasteiger partial charge in [0.25, 0.3) is 0 Å². The standard InChI is InChI=1S/C28H25P/c1-2-29(23-24-15-7-3-8-16-24)28(25-17-9-4-10-18-25,26-19-11-5-12-20-26)27-21-13-6-14-22-27/h2-22H,1,23H2. The van der Waals surface area contributed by atoms with E-state index in [9.17, 15) is 0 Å². The molecule has 0 spiro atoms. The van der Waals surface area contributed by atoms with Crippen molar-refractivity contribution in [2.24, 2.45) is 0 Å². The zero-order valence-electron chi connectivity index (χ0n) is 16.5. The summed E-state index contributed by atoms with van der Waals surface area (Å²) in [4.78, 5) is 0. The Kier molecular flexibility index (Phi) is 6.03. The highest BCUT2D eigenvalue weighted by atomic mass is 31.1. The van der Waals surface area contributed by atoms with Crippen molar-refractivity contribution in [3.63, 3.8) is 0 Å². The molecule has 0 aliphatic carbocycles. The topological polar surface area (TPSA) is 0 Å². The first kappa shape index (κ1) is 19.4. The maximum Gasteiger partial charge on any atom is 0.0687 e. The minimum absolute atomic E-state index is 0.253. The van der Waals surface area contributed by atoms with Crippen LogP contribution in [0, 0.1) is 0 Å². The van der Waals surface area contributed by atoms with Crippen LogP contribution in [0.15, 0.2) is 134 Å². The minimum atomic E-state index is -0.647. The first-order valence-corrected chi connectivity index (χ1v) is 11.5. The Balaban J connectivity index is 2.00. The maximum atomic E-state index is 4.33. The molecule has 0 aromatic heterocycles. The van der Waals surface area contributed by atoms with Crippen LogP contribution < -0.4 is 0 Å². The third kappa shape index (κ3) is 3.82. The lowest BCUT2D eigenvalue weighted by molar-refractivity contribution is 0.875. The first-order valence-electron chi connectivity index (χ1n) is 9.95. The largest absolute Gasteiger partial charge is 0.0985 e. The quantitative estimate of drug-likeness (QED) is 0.222. The molecule has 29 heavy (non-hydrogen) atoms. The number of hydrogen-bond acceptors (Lipinski definition) is 0. The van der Waals surface area contributed by atoms with Gasteiger partial charge in [-0.15, -0.1) is 0 Å². The van der Waals surface area contributed by atoms with Crippen LogP contribution in [0.4, 0.5) is 0 Å². The van der Waals surface area contributed by atoms with Gasteiger partial charge in [-0.1, -0.05) is 142 Å². The molecule has 4 aromatic rings. The van der Waals surface area contributed by atoms with Gasteiger partial charge in [0.05, 0.1) is 5.16 Å². The minimum Gasteiger partial charge on any atom is -0.0985 e. The maximum absolute atomic E-state index is 4.33. The predicted octanol–water partition coefficient (Wildman–Crippen LogP) is 7.80. The lowest BCUT2D eigenvalue weighted by Gasteiger charge is -2.42. The number of hydrogen-bond donors (Lipinski definition) is 0. The van der Waals surface area contributed by atoms with E-state index in [0.29, 0.717) is 0 Å². The Bertz CT molecular complexity index is 928. The fraction of sp³-hybridized carbons (Fsp3) is 0.0714. The molecule has 0 nitrogen and oxygen atoms in total. The van der Waals surface area contributed by atoms with Gasteiger partial charge in [-0.2, -0.15) is 0 Å². The van der Waals surface area contributed by atoms with Gasteiger partial charge in [-0.3, -0.25) is 0 Å². The molecule has 0 aliphatic heterocycles. The molecule has 0 amide bonds. The van der Waals surface area contributed by atoms with Gasteiger partial charge in [-0.25, -0.2) is 0 Å². The fourth-order valence-corrected chi connectivity index (χ4v) is 6.82. The molecule has 1 heteroatoms. The van der Waals surface area contributed by atoms with Gasteiger partial charge >= 0.3 is 0 Å². The SMILES string of the molecule is C=CP(Cc1ccccc1)C(c1ccccc1)(c1ccccc1)c1ccccc1. The third-order valence-electron chi connectivity index (χ3n) is 5.42. The van der Waals surface area contributed by atoms with Crippen molar-refractivity contribution in [2.45, 2.75) is 11.3 Å². The molecule has 0 aliphatic rings. The van der Waals surface area contributed by atoms with Gasteiger partial charge in [0.2, 0.25) is 0 Å². The summed E-state index contributed by atoms with van der Waals surface area (Å²) in [7, 11) is -0.647. The number of benzene rings is 4. The van der Waals surface area contributed by atoms with E-state index in [1.165, 1.54) is 22.3 Å². The Morgan fingerprint density at radius 2 is 0.897 bits per heavy atom. The van der Waals surface area contributed by atoms with Gasteiger partial charge in [-0.05, 0) is 28.4 Å². The fourth-order valence-electron chi connectivity index (χ4n) is 4.14. The normalized spacial score (nSPS) is 12.3. The van der Waals surface area contributed by atoms with E-state index in [2.05, 4.69) is 134 Å². The van der Waals surface area contributed by atoms with Crippen molar-refractivity contribution in [3.8, 4) is 0 Å². The molecular weight excluding hydrogens is 367 g/mol. The van der Waals surface area contributed by atoms with Crippen LogP contribution in [-0.2, 0) is 11.3 Å². The molecule has 0 fully saturated rings. The van der Waals surface area contributed by atoms with Crippen molar-refractivity contribution in [1.82, 2.24) is 0 Å². The highest BCUT2D eigenvalue weighted by Gasteiger charge is 2.42. The van der Waals surface area contributed by atoms with Crippen LogP contribution in [0.5, 0.6) is 0 Å². The van der Waals surface area contributed by atoms with Crippen LogP contribution in [0.3, 0.4) is 0 Å². The molecule has 1 atom stereocenters. The van der Waals surface area contributed by atoms with Crippen LogP contribution in [0.1, 0.15) is 22.3 Å². The smallest absolute Gasteiger partial charge is 0.0687 e. The van der Waals surface area contributed by atoms with Crippen molar-refractivity contribution in [3.05, 3.63) is 156 Å². The average Bonchev–Trinajstić information content (AvgIpc) is 2.82. The predicted molar refractivity (Wildman–Crippen MR) is 126 cm³/mol. The molecule has 0 heterocycles. The van der Waals surface area contributed by atoms with E-state index < -0.39 is 7.92 Å². The average molecular weight is 392 g/mol. The van der Waals surface area contributed by atoms with Crippen molar-refractivity contribution in [1.29, 1.82) is 0 Å². The molecule has 0 radical (unpaired) electrons. The summed E-state index contributed by atoms with van der Waals surface area (Å²) >= 11 is 0. The zero-order chi connectivity index (χ0) is 19.9. The van der Waals surface area contributed by atoms with E-state index in [1.807, 2.05) is 0 Å². The van der Waals surface area contributed by atoms with Gasteiger partial charge in [0.1, 0.15) is 0 Å². The summed E-state index contributed by atoms with van der Waals surface area (Å²) in [6.45, 7) is 4.33. The summed E-state index contributed by atoms with van der Waals surface area (Å²) in [5.74, 6) is 2.20. The molecule has 0 N–H and O–H groups in total. The molecule has 0 bridgehead atoms. The molecule has 0 saturated carbocycles. The van der Waals surface area contributed by atoms with E-state index >= 15 is 0 Å². The molecule has 142 valence electrons. The second kappa shape index (κ2) is 9.03. The Morgan fingerprint density at radius 1 is 0.552 bits per heavy atom. The van der Waals surface area contributed by atoms with Crippen molar-refractivity contribution >= 4 is 7.92 Å². The summed E-state index contributed by atoms with van der Waals surface area (Å²) in [6, 6.07) is 43.6. The Morgan fingerprint density at radius 3 is 1.24 bits per heavy atom. The van der Waals surface area contributed by atoms with E-state index in [-0.39, 0.29) is 5.16 Å². The summed E-state index contributed by atoms with van der Waals surface area (Å²) < 4.78 is 0. The zero-order valence-corrected chi connectivity index (χ0v) is 17.4. The third-order valence-corrected chi connectivity index (χ3v) is 8.20. The summed E-state index contributed by atoms with van der Waals surface area (Å²) in [5.41, 5.74) is 5.31. The summed E-state index contributed by atoms with van der Waals surface area (Å²) in [5, 5.41) is -0.253. The monoisotopic (exact) mass is 392 g/mol. The van der Waals surface area contributed by atoms with Crippen molar-refractivity contribution < 1.29 is 0 Å². The van der Waals surface area contributed by atoms with Crippen molar-refractivity contribution in [2.75, 3.05) is 0 Å². The van der Waals surface area contributed by atoms with Gasteiger partial charge < -0.3 is 0 Å². The van der Waals surface area contributed by atoms with E-state index in [1.54, 1.807) is 0 Å². The van der Waals surface area contributed by atoms with Crippen LogP contribution in [0.2, 0.25) is 0 Å². The molecule has 0 saturated heterocycles. The Hall–Kier alpha value is -2.95. The highest BCUT2D eigenvalue weighted by Crippen LogP contribution is 2.65. The van der Waals surface area contributed by atoms with E-state index in [0.717, 1.165) is 6.16 Å². The Labute approximate surface area is 175 Å². The lowest BCUT2D eigenvalue weighted by atomic mass is 9.84. The van der Waals surface area contributed by atoms with Crippen LogP contribution in [-0.4, -0.2) is 0 Å². The first-order chi connectivity index (χ1) is 14.4. The molecule has 4 rings (SSSR count). The molecular formula is C28H25P. The van der Waals surface area contributed by atoms with E-state index in [4.69, 9.17) is 0 Å². The summed E-state index contributed by atoms with van der Waals surface area (Å²) in [6.07, 6.45) is 0.984. The van der Waals surface area contributed by atoms with Crippen LogP contribution in [0.25, 0.3) is 0 Å². The van der Waals surface area contributed by atoms with Gasteiger partial charge in [0, 0.05) is 0 Å². The second-order valence-corrected chi connectivity index (χ2v) is 9.40. The lowest BCUT2D eigenvalue weighted by Crippen LogP contribution is -2.27. The molecule has 1 unspecified atom stereocenters. The highest BCUT2D eigenvalue weighted by molar-refractivity contribution is 7.61. The van der Waals surface area contributed by atoms with Gasteiger partial charge in [0.15, 0.2) is 0 Å². The second-order valence-electron chi connectivity index (χ2n) is 7.10.